The van der Waals surface area contributed by atoms with Crippen LogP contribution in [-0.2, 0) is 23.8 Å². The van der Waals surface area contributed by atoms with E-state index in [9.17, 15) is 9.59 Å². The van der Waals surface area contributed by atoms with Gasteiger partial charge < -0.3 is 14.2 Å². The van der Waals surface area contributed by atoms with Crippen LogP contribution >= 0.6 is 0 Å². The van der Waals surface area contributed by atoms with E-state index >= 15 is 0 Å². The van der Waals surface area contributed by atoms with Crippen molar-refractivity contribution in [2.75, 3.05) is 19.8 Å². The minimum atomic E-state index is -0.535. The van der Waals surface area contributed by atoms with Crippen molar-refractivity contribution in [3.8, 4) is 0 Å². The minimum Gasteiger partial charge on any atom is -0.462 e. The quantitative estimate of drug-likeness (QED) is 0.0345. The van der Waals surface area contributed by atoms with Crippen LogP contribution in [0.25, 0.3) is 0 Å². The van der Waals surface area contributed by atoms with Gasteiger partial charge in [-0.2, -0.15) is 0 Å². The van der Waals surface area contributed by atoms with E-state index in [1.165, 1.54) is 289 Å². The summed E-state index contributed by atoms with van der Waals surface area (Å²) in [4.78, 5) is 25.6. The van der Waals surface area contributed by atoms with Gasteiger partial charge in [0.15, 0.2) is 6.10 Å². The summed E-state index contributed by atoms with van der Waals surface area (Å²) in [5, 5.41) is 0. The average Bonchev–Trinajstić information content (AvgIpc) is 3.36. The SMILES string of the molecule is CCCCCCCC/C=C\CCCCCCCCCC(=O)OCC(COCCCCCCCCCCCCCCCCCCCCCC)OC(=O)CCCCCCCCC/C=C\CCCCCCCC. The van der Waals surface area contributed by atoms with E-state index in [4.69, 9.17) is 14.2 Å². The van der Waals surface area contributed by atoms with Crippen molar-refractivity contribution in [3.63, 3.8) is 0 Å². The molecule has 0 aromatic heterocycles. The Hall–Kier alpha value is -1.62. The van der Waals surface area contributed by atoms with Crippen LogP contribution < -0.4 is 0 Å². The largest absolute Gasteiger partial charge is 0.462 e. The van der Waals surface area contributed by atoms with Crippen LogP contribution in [0.1, 0.15) is 355 Å². The predicted octanol–water partition coefficient (Wildman–Crippen LogP) is 21.9. The lowest BCUT2D eigenvalue weighted by molar-refractivity contribution is -0.163. The van der Waals surface area contributed by atoms with Crippen molar-refractivity contribution < 1.29 is 23.8 Å². The van der Waals surface area contributed by atoms with Gasteiger partial charge >= 0.3 is 11.9 Å². The molecule has 0 aliphatic heterocycles. The van der Waals surface area contributed by atoms with E-state index in [0.29, 0.717) is 26.1 Å². The Morgan fingerprint density at radius 3 is 0.871 bits per heavy atom. The molecule has 0 aromatic carbocycles. The Bertz CT molecular complexity index is 1070. The standard InChI is InChI=1S/C65H124O5/c1-4-7-10-13-16-19-22-25-28-31-32-33-36-39-42-45-48-51-54-57-60-68-61-63(70-65(67)59-56-53-50-47-44-41-38-35-30-27-24-21-18-15-12-9-6-3)62-69-64(66)58-55-52-49-46-43-40-37-34-29-26-23-20-17-14-11-8-5-2/h26-27,29-30,63H,4-25,28,31-62H2,1-3H3/b29-26-,30-27-. The molecular formula is C65H124O5. The molecule has 0 saturated heterocycles. The van der Waals surface area contributed by atoms with Gasteiger partial charge in [0.2, 0.25) is 0 Å². The van der Waals surface area contributed by atoms with E-state index < -0.39 is 6.10 Å². The zero-order valence-corrected chi connectivity index (χ0v) is 47.8. The summed E-state index contributed by atoms with van der Waals surface area (Å²) in [5.74, 6) is -0.382. The molecular weight excluding hydrogens is 861 g/mol. The third kappa shape index (κ3) is 58.9. The molecule has 5 heteroatoms. The van der Waals surface area contributed by atoms with E-state index in [1.807, 2.05) is 0 Å². The van der Waals surface area contributed by atoms with E-state index in [-0.39, 0.29) is 18.5 Å². The molecule has 0 aliphatic carbocycles. The van der Waals surface area contributed by atoms with Gasteiger partial charge in [0.1, 0.15) is 6.61 Å². The van der Waals surface area contributed by atoms with Crippen LogP contribution in [0.15, 0.2) is 24.3 Å². The number of carbonyl (C=O) groups is 2. The van der Waals surface area contributed by atoms with Crippen molar-refractivity contribution in [1.29, 1.82) is 0 Å². The van der Waals surface area contributed by atoms with Crippen molar-refractivity contribution in [1.82, 2.24) is 0 Å². The van der Waals surface area contributed by atoms with Crippen molar-refractivity contribution in [2.45, 2.75) is 361 Å². The highest BCUT2D eigenvalue weighted by atomic mass is 16.6. The Balaban J connectivity index is 4.22. The highest BCUT2D eigenvalue weighted by molar-refractivity contribution is 5.70. The zero-order chi connectivity index (χ0) is 50.6. The summed E-state index contributed by atoms with van der Waals surface area (Å²) in [6.07, 6.45) is 75.0. The topological polar surface area (TPSA) is 61.8 Å². The van der Waals surface area contributed by atoms with E-state index in [2.05, 4.69) is 45.1 Å². The molecule has 0 spiro atoms. The summed E-state index contributed by atoms with van der Waals surface area (Å²) in [5.41, 5.74) is 0. The first kappa shape index (κ1) is 68.4. The van der Waals surface area contributed by atoms with Crippen LogP contribution in [0, 0.1) is 0 Å². The molecule has 70 heavy (non-hydrogen) atoms. The number of ether oxygens (including phenoxy) is 3. The summed E-state index contributed by atoms with van der Waals surface area (Å²) in [7, 11) is 0. The van der Waals surface area contributed by atoms with E-state index in [0.717, 1.165) is 32.1 Å². The van der Waals surface area contributed by atoms with Gasteiger partial charge in [0.25, 0.3) is 0 Å². The third-order valence-electron chi connectivity index (χ3n) is 14.5. The van der Waals surface area contributed by atoms with Crippen molar-refractivity contribution >= 4 is 11.9 Å². The van der Waals surface area contributed by atoms with Crippen molar-refractivity contribution in [3.05, 3.63) is 24.3 Å². The lowest BCUT2D eigenvalue weighted by Gasteiger charge is -2.18. The molecule has 0 bridgehead atoms. The molecule has 414 valence electrons. The second-order valence-electron chi connectivity index (χ2n) is 21.7. The number of esters is 2. The fourth-order valence-corrected chi connectivity index (χ4v) is 9.68. The van der Waals surface area contributed by atoms with E-state index in [1.54, 1.807) is 0 Å². The van der Waals surface area contributed by atoms with Gasteiger partial charge in [-0.1, -0.05) is 295 Å². The van der Waals surface area contributed by atoms with Crippen LogP contribution in [0.5, 0.6) is 0 Å². The maximum absolute atomic E-state index is 12.9. The fraction of sp³-hybridized carbons (Fsp3) is 0.908. The van der Waals surface area contributed by atoms with Gasteiger partial charge in [-0.05, 0) is 70.6 Å². The second kappa shape index (κ2) is 61.7. The summed E-state index contributed by atoms with van der Waals surface area (Å²) >= 11 is 0. The van der Waals surface area contributed by atoms with Crippen LogP contribution in [0.2, 0.25) is 0 Å². The molecule has 5 nitrogen and oxygen atoms in total. The lowest BCUT2D eigenvalue weighted by atomic mass is 10.0. The average molecular weight is 986 g/mol. The Morgan fingerprint density at radius 1 is 0.300 bits per heavy atom. The molecule has 0 N–H and O–H groups in total. The molecule has 0 fully saturated rings. The number of allylic oxidation sites excluding steroid dienone is 4. The van der Waals surface area contributed by atoms with Crippen LogP contribution in [-0.4, -0.2) is 37.9 Å². The highest BCUT2D eigenvalue weighted by Gasteiger charge is 2.18. The molecule has 0 rings (SSSR count). The second-order valence-corrected chi connectivity index (χ2v) is 21.7. The monoisotopic (exact) mass is 985 g/mol. The molecule has 0 aliphatic rings. The number of hydrogen-bond donors (Lipinski definition) is 0. The molecule has 0 amide bonds. The minimum absolute atomic E-state index is 0.0888. The summed E-state index contributed by atoms with van der Waals surface area (Å²) in [6, 6.07) is 0. The molecule has 0 saturated carbocycles. The molecule has 1 atom stereocenters. The molecule has 0 aromatic rings. The Morgan fingerprint density at radius 2 is 0.557 bits per heavy atom. The lowest BCUT2D eigenvalue weighted by Crippen LogP contribution is -2.30. The predicted molar refractivity (Wildman–Crippen MR) is 307 cm³/mol. The van der Waals surface area contributed by atoms with Crippen LogP contribution in [0.3, 0.4) is 0 Å². The number of rotatable bonds is 60. The first-order valence-electron chi connectivity index (χ1n) is 31.9. The Kier molecular flexibility index (Phi) is 60.3. The zero-order valence-electron chi connectivity index (χ0n) is 47.8. The maximum Gasteiger partial charge on any atom is 0.306 e. The normalized spacial score (nSPS) is 12.2. The summed E-state index contributed by atoms with van der Waals surface area (Å²) in [6.45, 7) is 7.90. The third-order valence-corrected chi connectivity index (χ3v) is 14.5. The summed E-state index contributed by atoms with van der Waals surface area (Å²) < 4.78 is 17.6. The smallest absolute Gasteiger partial charge is 0.306 e. The Labute approximate surface area is 438 Å². The first-order valence-corrected chi connectivity index (χ1v) is 31.9. The fourth-order valence-electron chi connectivity index (χ4n) is 9.68. The van der Waals surface area contributed by atoms with Gasteiger partial charge in [-0.3, -0.25) is 9.59 Å². The van der Waals surface area contributed by atoms with Crippen LogP contribution in [0.4, 0.5) is 0 Å². The molecule has 1 unspecified atom stereocenters. The van der Waals surface area contributed by atoms with Crippen molar-refractivity contribution in [2.24, 2.45) is 0 Å². The van der Waals surface area contributed by atoms with Gasteiger partial charge in [0.05, 0.1) is 6.61 Å². The van der Waals surface area contributed by atoms with Gasteiger partial charge in [-0.25, -0.2) is 0 Å². The number of hydrogen-bond acceptors (Lipinski definition) is 5. The van der Waals surface area contributed by atoms with Gasteiger partial charge in [0, 0.05) is 19.4 Å². The van der Waals surface area contributed by atoms with Gasteiger partial charge in [-0.15, -0.1) is 0 Å². The number of carbonyl (C=O) groups excluding carboxylic acids is 2. The maximum atomic E-state index is 12.9. The molecule has 0 heterocycles. The number of unbranched alkanes of at least 4 members (excludes halogenated alkanes) is 45. The first-order chi connectivity index (χ1) is 34.6. The highest BCUT2D eigenvalue weighted by Crippen LogP contribution is 2.17. The molecule has 0 radical (unpaired) electrons.